The summed E-state index contributed by atoms with van der Waals surface area (Å²) in [6.45, 7) is 1.82. The Morgan fingerprint density at radius 1 is 1.11 bits per heavy atom. The highest BCUT2D eigenvalue weighted by molar-refractivity contribution is 9.10. The van der Waals surface area contributed by atoms with Crippen LogP contribution in [-0.4, -0.2) is 27.6 Å². The first-order valence-corrected chi connectivity index (χ1v) is 11.0. The van der Waals surface area contributed by atoms with Crippen LogP contribution >= 0.6 is 27.3 Å². The van der Waals surface area contributed by atoms with Crippen molar-refractivity contribution < 1.29 is 22.3 Å². The maximum atomic E-state index is 13.1. The maximum absolute atomic E-state index is 13.1. The Morgan fingerprint density at radius 3 is 2.32 bits per heavy atom. The summed E-state index contributed by atoms with van der Waals surface area (Å²) >= 11 is 4.45. The Balaban J connectivity index is 1.95. The second-order valence-electron chi connectivity index (χ2n) is 5.67. The zero-order valence-electron chi connectivity index (χ0n) is 15.1. The third-order valence-electron chi connectivity index (χ3n) is 3.86. The van der Waals surface area contributed by atoms with E-state index in [1.54, 1.807) is 12.1 Å². The maximum Gasteiger partial charge on any atom is 0.264 e. The average molecular weight is 487 g/mol. The molecule has 1 aromatic heterocycles. The van der Waals surface area contributed by atoms with E-state index in [0.29, 0.717) is 21.5 Å². The number of nitrogens with one attached hydrogen (secondary N) is 1. The minimum absolute atomic E-state index is 0.0127. The fourth-order valence-electron chi connectivity index (χ4n) is 2.53. The van der Waals surface area contributed by atoms with E-state index in [1.807, 2.05) is 6.92 Å². The minimum Gasteiger partial charge on any atom is -0.493 e. The molecule has 0 aliphatic rings. The van der Waals surface area contributed by atoms with Gasteiger partial charge < -0.3 is 9.47 Å². The van der Waals surface area contributed by atoms with Crippen LogP contribution in [0.5, 0.6) is 11.5 Å². The molecule has 3 aromatic rings. The van der Waals surface area contributed by atoms with Crippen LogP contribution < -0.4 is 14.2 Å². The SMILES string of the molecule is COc1cc(Br)c(S(=O)(=O)Nc2nc(-c3ccc(F)cc3)c(C)s2)cc1OC. The predicted octanol–water partition coefficient (Wildman–Crippen LogP) is 4.84. The van der Waals surface area contributed by atoms with Gasteiger partial charge in [0.1, 0.15) is 10.7 Å². The molecule has 0 saturated carbocycles. The number of aryl methyl sites for hydroxylation is 1. The molecule has 0 atom stereocenters. The quantitative estimate of drug-likeness (QED) is 0.539. The molecular weight excluding hydrogens is 471 g/mol. The fraction of sp³-hybridized carbons (Fsp3) is 0.167. The van der Waals surface area contributed by atoms with Gasteiger partial charge in [-0.15, -0.1) is 11.3 Å². The highest BCUT2D eigenvalue weighted by Gasteiger charge is 2.23. The summed E-state index contributed by atoms with van der Waals surface area (Å²) in [5.74, 6) is 0.335. The lowest BCUT2D eigenvalue weighted by Gasteiger charge is -2.12. The summed E-state index contributed by atoms with van der Waals surface area (Å²) < 4.78 is 52.0. The smallest absolute Gasteiger partial charge is 0.264 e. The van der Waals surface area contributed by atoms with Gasteiger partial charge in [-0.1, -0.05) is 0 Å². The molecular formula is C18H16BrFN2O4S2. The molecule has 148 valence electrons. The largest absolute Gasteiger partial charge is 0.493 e. The average Bonchev–Trinajstić information content (AvgIpc) is 3.01. The van der Waals surface area contributed by atoms with Gasteiger partial charge in [0.2, 0.25) is 0 Å². The van der Waals surface area contributed by atoms with E-state index < -0.39 is 10.0 Å². The molecule has 0 amide bonds. The topological polar surface area (TPSA) is 77.5 Å². The number of hydrogen-bond donors (Lipinski definition) is 1. The summed E-state index contributed by atoms with van der Waals surface area (Å²) in [5.41, 5.74) is 1.29. The van der Waals surface area contributed by atoms with Crippen LogP contribution in [-0.2, 0) is 10.0 Å². The molecule has 0 radical (unpaired) electrons. The van der Waals surface area contributed by atoms with Gasteiger partial charge in [0, 0.05) is 21.0 Å². The monoisotopic (exact) mass is 486 g/mol. The van der Waals surface area contributed by atoms with E-state index in [-0.39, 0.29) is 21.6 Å². The van der Waals surface area contributed by atoms with E-state index in [2.05, 4.69) is 25.6 Å². The van der Waals surface area contributed by atoms with Gasteiger partial charge >= 0.3 is 0 Å². The normalized spacial score (nSPS) is 11.3. The number of halogens is 2. The van der Waals surface area contributed by atoms with Crippen molar-refractivity contribution in [3.8, 4) is 22.8 Å². The second kappa shape index (κ2) is 8.06. The first kappa shape index (κ1) is 20.6. The fourth-order valence-corrected chi connectivity index (χ4v) is 5.63. The van der Waals surface area contributed by atoms with Crippen molar-refractivity contribution in [3.63, 3.8) is 0 Å². The lowest BCUT2D eigenvalue weighted by Crippen LogP contribution is -2.13. The highest BCUT2D eigenvalue weighted by Crippen LogP contribution is 2.37. The Hall–Kier alpha value is -2.17. The van der Waals surface area contributed by atoms with Crippen LogP contribution in [0.1, 0.15) is 4.88 Å². The van der Waals surface area contributed by atoms with Crippen LogP contribution in [0.2, 0.25) is 0 Å². The van der Waals surface area contributed by atoms with E-state index >= 15 is 0 Å². The second-order valence-corrected chi connectivity index (χ2v) is 9.38. The first-order chi connectivity index (χ1) is 13.2. The number of methoxy groups -OCH3 is 2. The van der Waals surface area contributed by atoms with Gasteiger partial charge in [-0.2, -0.15) is 0 Å². The van der Waals surface area contributed by atoms with Gasteiger partial charge in [-0.25, -0.2) is 17.8 Å². The summed E-state index contributed by atoms with van der Waals surface area (Å²) in [4.78, 5) is 5.15. The minimum atomic E-state index is -3.94. The van der Waals surface area contributed by atoms with Crippen LogP contribution in [0.25, 0.3) is 11.3 Å². The zero-order valence-corrected chi connectivity index (χ0v) is 18.3. The van der Waals surface area contributed by atoms with Crippen LogP contribution in [0, 0.1) is 12.7 Å². The molecule has 10 heteroatoms. The summed E-state index contributed by atoms with van der Waals surface area (Å²) in [6.07, 6.45) is 0. The summed E-state index contributed by atoms with van der Waals surface area (Å²) in [5, 5.41) is 0.207. The van der Waals surface area contributed by atoms with E-state index in [1.165, 1.54) is 49.8 Å². The molecule has 2 aromatic carbocycles. The van der Waals surface area contributed by atoms with Crippen molar-refractivity contribution in [1.29, 1.82) is 0 Å². The molecule has 1 heterocycles. The summed E-state index contributed by atoms with van der Waals surface area (Å²) in [7, 11) is -1.05. The number of thiazole rings is 1. The molecule has 1 N–H and O–H groups in total. The number of hydrogen-bond acceptors (Lipinski definition) is 6. The summed E-state index contributed by atoms with van der Waals surface area (Å²) in [6, 6.07) is 8.75. The van der Waals surface area contributed by atoms with Gasteiger partial charge in [0.25, 0.3) is 10.0 Å². The standard InChI is InChI=1S/C18H16BrFN2O4S2/c1-10-17(11-4-6-12(20)7-5-11)21-18(27-10)22-28(23,24)16-9-15(26-3)14(25-2)8-13(16)19/h4-9H,1-3H3,(H,21,22). The Bertz CT molecular complexity index is 1120. The van der Waals surface area contributed by atoms with Crippen LogP contribution in [0.15, 0.2) is 45.8 Å². The number of aromatic nitrogens is 1. The molecule has 0 bridgehead atoms. The number of nitrogens with zero attached hydrogens (tertiary/aromatic N) is 1. The van der Waals surface area contributed by atoms with Gasteiger partial charge in [0.15, 0.2) is 16.6 Å². The molecule has 0 unspecified atom stereocenters. The van der Waals surface area contributed by atoms with Gasteiger partial charge in [0.05, 0.1) is 19.9 Å². The van der Waals surface area contributed by atoms with E-state index in [9.17, 15) is 12.8 Å². The van der Waals surface area contributed by atoms with Crippen molar-refractivity contribution in [1.82, 2.24) is 4.98 Å². The molecule has 0 fully saturated rings. The van der Waals surface area contributed by atoms with Crippen molar-refractivity contribution in [2.45, 2.75) is 11.8 Å². The van der Waals surface area contributed by atoms with Crippen molar-refractivity contribution in [3.05, 3.63) is 51.6 Å². The van der Waals surface area contributed by atoms with Crippen LogP contribution in [0.3, 0.4) is 0 Å². The van der Waals surface area contributed by atoms with Crippen LogP contribution in [0.4, 0.5) is 9.52 Å². The number of ether oxygens (including phenoxy) is 2. The third-order valence-corrected chi connectivity index (χ3v) is 7.18. The third kappa shape index (κ3) is 4.13. The molecule has 28 heavy (non-hydrogen) atoms. The Morgan fingerprint density at radius 2 is 1.71 bits per heavy atom. The lowest BCUT2D eigenvalue weighted by molar-refractivity contribution is 0.353. The Kier molecular flexibility index (Phi) is 5.92. The first-order valence-electron chi connectivity index (χ1n) is 7.93. The molecule has 0 aliphatic heterocycles. The van der Waals surface area contributed by atoms with Crippen molar-refractivity contribution in [2.75, 3.05) is 18.9 Å². The molecule has 0 aliphatic carbocycles. The number of anilines is 1. The number of benzene rings is 2. The highest BCUT2D eigenvalue weighted by atomic mass is 79.9. The van der Waals surface area contributed by atoms with Crippen molar-refractivity contribution >= 4 is 42.4 Å². The van der Waals surface area contributed by atoms with E-state index in [4.69, 9.17) is 9.47 Å². The molecule has 6 nitrogen and oxygen atoms in total. The zero-order chi connectivity index (χ0) is 20.5. The van der Waals surface area contributed by atoms with Gasteiger partial charge in [-0.3, -0.25) is 4.72 Å². The molecule has 3 rings (SSSR count). The molecule has 0 saturated heterocycles. The Labute approximate surface area is 174 Å². The molecule has 0 spiro atoms. The number of sulfonamides is 1. The number of rotatable bonds is 6. The lowest BCUT2D eigenvalue weighted by atomic mass is 10.1. The van der Waals surface area contributed by atoms with Gasteiger partial charge in [-0.05, 0) is 53.2 Å². The van der Waals surface area contributed by atoms with Crippen molar-refractivity contribution in [2.24, 2.45) is 0 Å². The predicted molar refractivity (Wildman–Crippen MR) is 110 cm³/mol. The van der Waals surface area contributed by atoms with E-state index in [0.717, 1.165) is 4.88 Å².